The van der Waals surface area contributed by atoms with Gasteiger partial charge >= 0.3 is 0 Å². The van der Waals surface area contributed by atoms with Crippen LogP contribution in [0.2, 0.25) is 0 Å². The molecule has 0 saturated heterocycles. The van der Waals surface area contributed by atoms with Gasteiger partial charge in [-0.1, -0.05) is 0 Å². The molecule has 1 aromatic rings. The summed E-state index contributed by atoms with van der Waals surface area (Å²) < 4.78 is 13.6. The zero-order valence-electron chi connectivity index (χ0n) is 10.00. The van der Waals surface area contributed by atoms with Gasteiger partial charge in [0.25, 0.3) is 5.91 Å². The van der Waals surface area contributed by atoms with Crippen molar-refractivity contribution in [1.29, 1.82) is 0 Å². The lowest BCUT2D eigenvalue weighted by molar-refractivity contribution is 0.0746. The number of benzene rings is 1. The van der Waals surface area contributed by atoms with E-state index in [0.717, 1.165) is 19.4 Å². The first-order valence-corrected chi connectivity index (χ1v) is 7.33. The second kappa shape index (κ2) is 5.74. The Labute approximate surface area is 125 Å². The number of carbonyl (C=O) groups is 1. The Morgan fingerprint density at radius 1 is 1.56 bits per heavy atom. The predicted molar refractivity (Wildman–Crippen MR) is 78.4 cm³/mol. The van der Waals surface area contributed by atoms with Crippen molar-refractivity contribution >= 4 is 40.1 Å². The Hall–Kier alpha value is -0.360. The first kappa shape index (κ1) is 14.1. The fourth-order valence-electron chi connectivity index (χ4n) is 2.14. The summed E-state index contributed by atoms with van der Waals surface area (Å²) in [6.45, 7) is 0.718. The fraction of sp³-hybridized carbons (Fsp3) is 0.462. The van der Waals surface area contributed by atoms with E-state index in [1.807, 2.05) is 22.6 Å². The zero-order chi connectivity index (χ0) is 13.3. The summed E-state index contributed by atoms with van der Waals surface area (Å²) in [6.07, 6.45) is 1.94. The molecular weight excluding hydrogens is 368 g/mol. The van der Waals surface area contributed by atoms with Crippen LogP contribution in [0.25, 0.3) is 0 Å². The van der Waals surface area contributed by atoms with E-state index < -0.39 is 0 Å². The lowest BCUT2D eigenvalue weighted by Crippen LogP contribution is -2.38. The summed E-state index contributed by atoms with van der Waals surface area (Å²) in [5, 5.41) is 0.268. The molecule has 1 aliphatic carbocycles. The monoisotopic (exact) mass is 381 g/mol. The van der Waals surface area contributed by atoms with Crippen LogP contribution in [-0.4, -0.2) is 29.8 Å². The van der Waals surface area contributed by atoms with Gasteiger partial charge in [0.15, 0.2) is 0 Å². The largest absolute Gasteiger partial charge is 0.341 e. The molecule has 18 heavy (non-hydrogen) atoms. The molecule has 2 rings (SSSR count). The van der Waals surface area contributed by atoms with Crippen molar-refractivity contribution in [3.05, 3.63) is 33.1 Å². The van der Waals surface area contributed by atoms with Gasteiger partial charge in [-0.3, -0.25) is 4.79 Å². The van der Waals surface area contributed by atoms with Crippen LogP contribution in [-0.2, 0) is 0 Å². The third kappa shape index (κ3) is 3.15. The molecule has 1 amide bonds. The highest BCUT2D eigenvalue weighted by Crippen LogP contribution is 2.32. The van der Waals surface area contributed by atoms with Gasteiger partial charge in [-0.25, -0.2) is 4.39 Å². The molecule has 0 aliphatic heterocycles. The topological polar surface area (TPSA) is 20.3 Å². The molecule has 5 heteroatoms. The van der Waals surface area contributed by atoms with Crippen LogP contribution < -0.4 is 0 Å². The lowest BCUT2D eigenvalue weighted by Gasteiger charge is -2.34. The summed E-state index contributed by atoms with van der Waals surface area (Å²) in [6, 6.07) is 4.24. The van der Waals surface area contributed by atoms with E-state index in [9.17, 15) is 9.18 Å². The van der Waals surface area contributed by atoms with E-state index in [1.54, 1.807) is 18.0 Å². The van der Waals surface area contributed by atoms with E-state index in [2.05, 4.69) is 0 Å². The Morgan fingerprint density at radius 2 is 2.22 bits per heavy atom. The van der Waals surface area contributed by atoms with Gasteiger partial charge in [0.1, 0.15) is 5.82 Å². The van der Waals surface area contributed by atoms with Gasteiger partial charge < -0.3 is 4.90 Å². The maximum absolute atomic E-state index is 13.0. The van der Waals surface area contributed by atoms with Crippen LogP contribution in [0.3, 0.4) is 0 Å². The van der Waals surface area contributed by atoms with Crippen molar-refractivity contribution in [3.63, 3.8) is 0 Å². The van der Waals surface area contributed by atoms with Crippen LogP contribution in [0, 0.1) is 15.3 Å². The minimum Gasteiger partial charge on any atom is -0.341 e. The summed E-state index contributed by atoms with van der Waals surface area (Å²) in [5.41, 5.74) is 0.557. The molecule has 1 fully saturated rings. The normalized spacial score (nSPS) is 22.4. The molecule has 1 aromatic carbocycles. The molecule has 0 heterocycles. The highest BCUT2D eigenvalue weighted by molar-refractivity contribution is 14.1. The van der Waals surface area contributed by atoms with Crippen LogP contribution in [0.1, 0.15) is 23.2 Å². The van der Waals surface area contributed by atoms with Crippen molar-refractivity contribution in [2.75, 3.05) is 13.6 Å². The predicted octanol–water partition coefficient (Wildman–Crippen LogP) is 3.52. The van der Waals surface area contributed by atoms with Crippen LogP contribution >= 0.6 is 34.2 Å². The molecule has 0 unspecified atom stereocenters. The van der Waals surface area contributed by atoms with Crippen molar-refractivity contribution < 1.29 is 9.18 Å². The van der Waals surface area contributed by atoms with E-state index in [1.165, 1.54) is 12.1 Å². The van der Waals surface area contributed by atoms with Gasteiger partial charge in [-0.2, -0.15) is 0 Å². The molecule has 2 nitrogen and oxygen atoms in total. The summed E-state index contributed by atoms with van der Waals surface area (Å²) >= 11 is 7.91. The average molecular weight is 382 g/mol. The van der Waals surface area contributed by atoms with E-state index in [4.69, 9.17) is 11.6 Å². The van der Waals surface area contributed by atoms with E-state index >= 15 is 0 Å². The number of hydrogen-bond donors (Lipinski definition) is 0. The number of nitrogens with zero attached hydrogens (tertiary/aromatic N) is 1. The fourth-order valence-corrected chi connectivity index (χ4v) is 3.35. The number of carbonyl (C=O) groups excluding carboxylic acids is 1. The van der Waals surface area contributed by atoms with Crippen molar-refractivity contribution in [1.82, 2.24) is 4.90 Å². The molecule has 0 spiro atoms. The second-order valence-corrected chi connectivity index (χ2v) is 6.52. The Bertz CT molecular complexity index is 462. The summed E-state index contributed by atoms with van der Waals surface area (Å²) in [7, 11) is 1.78. The molecule has 0 N–H and O–H groups in total. The van der Waals surface area contributed by atoms with Crippen molar-refractivity contribution in [3.8, 4) is 0 Å². The quantitative estimate of drug-likeness (QED) is 0.579. The molecule has 0 aromatic heterocycles. The van der Waals surface area contributed by atoms with Gasteiger partial charge in [0.05, 0.1) is 5.56 Å². The van der Waals surface area contributed by atoms with Crippen LogP contribution in [0.5, 0.6) is 0 Å². The van der Waals surface area contributed by atoms with Crippen molar-refractivity contribution in [2.24, 2.45) is 5.92 Å². The Morgan fingerprint density at radius 3 is 2.78 bits per heavy atom. The lowest BCUT2D eigenvalue weighted by atomic mass is 9.84. The number of rotatable bonds is 3. The molecule has 0 atom stereocenters. The standard InChI is InChI=1S/C13H14ClFINO/c1-17(7-8-4-9(14)5-8)13(18)11-3-2-10(15)6-12(11)16/h2-3,6,8-9H,4-5,7H2,1H3. The third-order valence-corrected chi connectivity index (χ3v) is 4.47. The third-order valence-electron chi connectivity index (χ3n) is 3.22. The molecule has 1 saturated carbocycles. The Kier molecular flexibility index (Phi) is 4.48. The first-order chi connectivity index (χ1) is 8.47. The molecule has 98 valence electrons. The van der Waals surface area contributed by atoms with E-state index in [0.29, 0.717) is 15.1 Å². The van der Waals surface area contributed by atoms with E-state index in [-0.39, 0.29) is 17.1 Å². The molecule has 1 aliphatic rings. The average Bonchev–Trinajstić information content (AvgIpc) is 2.26. The first-order valence-electron chi connectivity index (χ1n) is 5.82. The number of amides is 1. The minimum atomic E-state index is -0.317. The van der Waals surface area contributed by atoms with Gasteiger partial charge in [0, 0.05) is 22.5 Å². The maximum atomic E-state index is 13.0. The highest BCUT2D eigenvalue weighted by atomic mass is 127. The van der Waals surface area contributed by atoms with Gasteiger partial charge in [-0.05, 0) is 59.5 Å². The second-order valence-electron chi connectivity index (χ2n) is 4.74. The molecule has 0 radical (unpaired) electrons. The summed E-state index contributed by atoms with van der Waals surface area (Å²) in [5.74, 6) is 0.125. The van der Waals surface area contributed by atoms with Crippen LogP contribution in [0.4, 0.5) is 4.39 Å². The minimum absolute atomic E-state index is 0.0579. The number of hydrogen-bond acceptors (Lipinski definition) is 1. The molecular formula is C13H14ClFINO. The van der Waals surface area contributed by atoms with Gasteiger partial charge in [-0.15, -0.1) is 11.6 Å². The number of halogens is 3. The summed E-state index contributed by atoms with van der Waals surface area (Å²) in [4.78, 5) is 13.9. The maximum Gasteiger partial charge on any atom is 0.254 e. The number of alkyl halides is 1. The van der Waals surface area contributed by atoms with Crippen LogP contribution in [0.15, 0.2) is 18.2 Å². The van der Waals surface area contributed by atoms with Crippen molar-refractivity contribution in [2.45, 2.75) is 18.2 Å². The smallest absolute Gasteiger partial charge is 0.254 e. The molecule has 0 bridgehead atoms. The Balaban J connectivity index is 2.01. The zero-order valence-corrected chi connectivity index (χ0v) is 12.9. The SMILES string of the molecule is CN(CC1CC(Cl)C1)C(=O)c1ccc(F)cc1I. The van der Waals surface area contributed by atoms with Gasteiger partial charge in [0.2, 0.25) is 0 Å². The highest BCUT2D eigenvalue weighted by Gasteiger charge is 2.29.